The van der Waals surface area contributed by atoms with E-state index in [0.29, 0.717) is 6.54 Å². The summed E-state index contributed by atoms with van der Waals surface area (Å²) in [6, 6.07) is 0. The Morgan fingerprint density at radius 2 is 2.21 bits per heavy atom. The van der Waals surface area contributed by atoms with E-state index in [2.05, 4.69) is 20.0 Å². The summed E-state index contributed by atoms with van der Waals surface area (Å²) in [6.07, 6.45) is -3.80. The van der Waals surface area contributed by atoms with Crippen LogP contribution < -0.4 is 5.32 Å². The molecule has 0 bridgehead atoms. The summed E-state index contributed by atoms with van der Waals surface area (Å²) in [4.78, 5) is 3.32. The van der Waals surface area contributed by atoms with Crippen LogP contribution >= 0.6 is 0 Å². The number of alkyl halides is 3. The fourth-order valence-corrected chi connectivity index (χ4v) is 1.39. The van der Waals surface area contributed by atoms with E-state index in [4.69, 9.17) is 0 Å². The molecule has 2 heterocycles. The zero-order chi connectivity index (χ0) is 10.2. The van der Waals surface area contributed by atoms with Gasteiger partial charge in [-0.05, 0) is 13.0 Å². The maximum absolute atomic E-state index is 12.1. The molecule has 0 spiro atoms. The molecule has 0 radical (unpaired) electrons. The van der Waals surface area contributed by atoms with Crippen LogP contribution in [0.5, 0.6) is 0 Å². The van der Waals surface area contributed by atoms with E-state index in [0.717, 1.165) is 13.0 Å². The predicted octanol–water partition coefficient (Wildman–Crippen LogP) is 1.17. The van der Waals surface area contributed by atoms with Crippen molar-refractivity contribution in [3.8, 4) is 0 Å². The van der Waals surface area contributed by atoms with Crippen molar-refractivity contribution in [2.24, 2.45) is 0 Å². The molecule has 0 aliphatic carbocycles. The van der Waals surface area contributed by atoms with E-state index in [1.54, 1.807) is 0 Å². The van der Waals surface area contributed by atoms with Crippen molar-refractivity contribution in [3.63, 3.8) is 0 Å². The van der Waals surface area contributed by atoms with Crippen molar-refractivity contribution < 1.29 is 17.7 Å². The van der Waals surface area contributed by atoms with Crippen molar-refractivity contribution in [1.82, 2.24) is 15.5 Å². The Hall–Kier alpha value is -1.11. The Morgan fingerprint density at radius 1 is 1.43 bits per heavy atom. The van der Waals surface area contributed by atoms with Crippen LogP contribution in [-0.2, 0) is 6.18 Å². The fourth-order valence-electron chi connectivity index (χ4n) is 1.39. The highest BCUT2D eigenvalue weighted by atomic mass is 19.4. The minimum absolute atomic E-state index is 0.0603. The maximum atomic E-state index is 12.1. The molecular weight excluding hydrogens is 199 g/mol. The van der Waals surface area contributed by atoms with Gasteiger partial charge in [-0.2, -0.15) is 18.2 Å². The Kier molecular flexibility index (Phi) is 2.18. The van der Waals surface area contributed by atoms with Crippen LogP contribution in [-0.4, -0.2) is 23.2 Å². The van der Waals surface area contributed by atoms with Gasteiger partial charge in [-0.1, -0.05) is 5.16 Å². The molecule has 1 aliphatic heterocycles. The molecule has 1 aromatic rings. The molecule has 7 heteroatoms. The van der Waals surface area contributed by atoms with Crippen LogP contribution in [0.15, 0.2) is 4.52 Å². The van der Waals surface area contributed by atoms with Crippen molar-refractivity contribution in [2.75, 3.05) is 13.1 Å². The summed E-state index contributed by atoms with van der Waals surface area (Å²) in [5, 5.41) is 6.33. The van der Waals surface area contributed by atoms with Gasteiger partial charge in [0.25, 0.3) is 0 Å². The number of hydrogen-bond donors (Lipinski definition) is 1. The third-order valence-corrected chi connectivity index (χ3v) is 2.11. The highest BCUT2D eigenvalue weighted by molar-refractivity contribution is 5.00. The van der Waals surface area contributed by atoms with Crippen LogP contribution in [0.25, 0.3) is 0 Å². The Morgan fingerprint density at radius 3 is 2.71 bits per heavy atom. The van der Waals surface area contributed by atoms with Gasteiger partial charge in [0.15, 0.2) is 5.82 Å². The third-order valence-electron chi connectivity index (χ3n) is 2.11. The zero-order valence-electron chi connectivity index (χ0n) is 7.14. The van der Waals surface area contributed by atoms with Crippen molar-refractivity contribution in [1.29, 1.82) is 0 Å². The highest BCUT2D eigenvalue weighted by Crippen LogP contribution is 2.29. The lowest BCUT2D eigenvalue weighted by Gasteiger charge is -1.99. The number of hydrogen-bond acceptors (Lipinski definition) is 4. The second kappa shape index (κ2) is 3.23. The summed E-state index contributed by atoms with van der Waals surface area (Å²) in [7, 11) is 0. The molecule has 14 heavy (non-hydrogen) atoms. The van der Waals surface area contributed by atoms with Gasteiger partial charge in [0.1, 0.15) is 0 Å². The molecule has 1 N–H and O–H groups in total. The summed E-state index contributed by atoms with van der Waals surface area (Å²) in [5.74, 6) is -1.18. The van der Waals surface area contributed by atoms with Gasteiger partial charge in [0, 0.05) is 12.5 Å². The van der Waals surface area contributed by atoms with Gasteiger partial charge in [-0.3, -0.25) is 0 Å². The summed E-state index contributed by atoms with van der Waals surface area (Å²) in [6.45, 7) is 1.39. The molecule has 1 fully saturated rings. The summed E-state index contributed by atoms with van der Waals surface area (Å²) >= 11 is 0. The lowest BCUT2D eigenvalue weighted by atomic mass is 10.1. The number of nitrogens with one attached hydrogen (secondary N) is 1. The number of nitrogens with zero attached hydrogens (tertiary/aromatic N) is 2. The lowest BCUT2D eigenvalue weighted by molar-refractivity contribution is -0.159. The van der Waals surface area contributed by atoms with Gasteiger partial charge in [0.05, 0.1) is 0 Å². The van der Waals surface area contributed by atoms with E-state index in [1.165, 1.54) is 0 Å². The van der Waals surface area contributed by atoms with E-state index in [1.807, 2.05) is 0 Å². The number of rotatable bonds is 1. The zero-order valence-corrected chi connectivity index (χ0v) is 7.14. The van der Waals surface area contributed by atoms with Crippen LogP contribution in [0, 0.1) is 0 Å². The van der Waals surface area contributed by atoms with Gasteiger partial charge < -0.3 is 9.84 Å². The van der Waals surface area contributed by atoms with Crippen molar-refractivity contribution in [3.05, 3.63) is 11.7 Å². The Balaban J connectivity index is 2.17. The molecule has 0 aromatic carbocycles. The minimum Gasteiger partial charge on any atom is -0.329 e. The van der Waals surface area contributed by atoms with Crippen LogP contribution in [0.1, 0.15) is 24.1 Å². The molecule has 1 aromatic heterocycles. The molecule has 1 saturated heterocycles. The van der Waals surface area contributed by atoms with Crippen LogP contribution in [0.2, 0.25) is 0 Å². The molecule has 2 rings (SSSR count). The highest BCUT2D eigenvalue weighted by Gasteiger charge is 2.39. The minimum atomic E-state index is -4.54. The van der Waals surface area contributed by atoms with Gasteiger partial charge in [0.2, 0.25) is 0 Å². The van der Waals surface area contributed by atoms with E-state index >= 15 is 0 Å². The monoisotopic (exact) mass is 207 g/mol. The average Bonchev–Trinajstić information content (AvgIpc) is 2.73. The van der Waals surface area contributed by atoms with Gasteiger partial charge in [-0.25, -0.2) is 0 Å². The number of aromatic nitrogens is 2. The first-order chi connectivity index (χ1) is 6.57. The summed E-state index contributed by atoms with van der Waals surface area (Å²) < 4.78 is 40.4. The first-order valence-electron chi connectivity index (χ1n) is 4.19. The second-order valence-electron chi connectivity index (χ2n) is 3.15. The molecule has 1 atom stereocenters. The molecule has 1 unspecified atom stereocenters. The fraction of sp³-hybridized carbons (Fsp3) is 0.714. The first kappa shape index (κ1) is 9.45. The average molecular weight is 207 g/mol. The maximum Gasteiger partial charge on any atom is 0.471 e. The SMILES string of the molecule is FC(F)(F)c1nc(C2CCNC2)no1. The molecule has 78 valence electrons. The standard InChI is InChI=1S/C7H8F3N3O/c8-7(9,10)6-12-5(13-14-6)4-1-2-11-3-4/h4,11H,1-3H2. The van der Waals surface area contributed by atoms with Crippen LogP contribution in [0.4, 0.5) is 13.2 Å². The largest absolute Gasteiger partial charge is 0.471 e. The Labute approximate surface area is 77.5 Å². The smallest absolute Gasteiger partial charge is 0.329 e. The van der Waals surface area contributed by atoms with E-state index in [-0.39, 0.29) is 11.7 Å². The molecule has 4 nitrogen and oxygen atoms in total. The van der Waals surface area contributed by atoms with Crippen LogP contribution in [0.3, 0.4) is 0 Å². The molecule has 0 saturated carbocycles. The quantitative estimate of drug-likeness (QED) is 0.750. The van der Waals surface area contributed by atoms with Gasteiger partial charge >= 0.3 is 12.1 Å². The first-order valence-corrected chi connectivity index (χ1v) is 4.19. The number of halogens is 3. The molecule has 1 aliphatic rings. The normalized spacial score (nSPS) is 22.9. The van der Waals surface area contributed by atoms with E-state index in [9.17, 15) is 13.2 Å². The molecule has 0 amide bonds. The van der Waals surface area contributed by atoms with E-state index < -0.39 is 12.1 Å². The van der Waals surface area contributed by atoms with Crippen molar-refractivity contribution >= 4 is 0 Å². The molecular formula is C7H8F3N3O. The Bertz CT molecular complexity index is 316. The van der Waals surface area contributed by atoms with Gasteiger partial charge in [-0.15, -0.1) is 0 Å². The lowest BCUT2D eigenvalue weighted by Crippen LogP contribution is -2.09. The summed E-state index contributed by atoms with van der Waals surface area (Å²) in [5.41, 5.74) is 0. The second-order valence-corrected chi connectivity index (χ2v) is 3.15. The topological polar surface area (TPSA) is 51.0 Å². The predicted molar refractivity (Wildman–Crippen MR) is 39.5 cm³/mol. The van der Waals surface area contributed by atoms with Crippen molar-refractivity contribution in [2.45, 2.75) is 18.5 Å². The third kappa shape index (κ3) is 1.72.